The number of pyridine rings is 1. The molecule has 0 saturated heterocycles. The van der Waals surface area contributed by atoms with Crippen LogP contribution in [0, 0.1) is 0 Å². The van der Waals surface area contributed by atoms with Crippen LogP contribution in [-0.4, -0.2) is 23.0 Å². The highest BCUT2D eigenvalue weighted by molar-refractivity contribution is 6.31. The number of aromatic nitrogens is 1. The number of carbonyl (C=O) groups excluding carboxylic acids is 1. The Hall–Kier alpha value is -1.52. The van der Waals surface area contributed by atoms with Gasteiger partial charge in [0.25, 0.3) is 0 Å². The number of esters is 1. The molecule has 0 aliphatic rings. The average Bonchev–Trinajstić information content (AvgIpc) is 2.42. The maximum atomic E-state index is 12.3. The minimum absolute atomic E-state index is 0.00629. The van der Waals surface area contributed by atoms with Crippen molar-refractivity contribution in [3.8, 4) is 0 Å². The standard InChI is InChI=1S/C14H13Cl2NO3/c1-2-20-14(19)11-8-17(6-5-15)12-7-9(16)3-4-10(12)13(11)18/h3-4,7-8H,2,5-6H2,1H3. The second-order valence-corrected chi connectivity index (χ2v) is 4.95. The number of carbonyl (C=O) groups is 1. The third-order valence-corrected chi connectivity index (χ3v) is 3.27. The van der Waals surface area contributed by atoms with Gasteiger partial charge >= 0.3 is 5.97 Å². The van der Waals surface area contributed by atoms with Gasteiger partial charge in [-0.15, -0.1) is 11.6 Å². The summed E-state index contributed by atoms with van der Waals surface area (Å²) in [6.07, 6.45) is 1.47. The zero-order chi connectivity index (χ0) is 14.7. The Morgan fingerprint density at radius 2 is 2.15 bits per heavy atom. The first-order valence-electron chi connectivity index (χ1n) is 6.14. The highest BCUT2D eigenvalue weighted by atomic mass is 35.5. The molecule has 20 heavy (non-hydrogen) atoms. The van der Waals surface area contributed by atoms with Gasteiger partial charge in [0.2, 0.25) is 5.43 Å². The van der Waals surface area contributed by atoms with Gasteiger partial charge in [-0.3, -0.25) is 4.79 Å². The van der Waals surface area contributed by atoms with Gasteiger partial charge in [-0.2, -0.15) is 0 Å². The first kappa shape index (κ1) is 14.9. The lowest BCUT2D eigenvalue weighted by Crippen LogP contribution is -2.21. The predicted molar refractivity (Wildman–Crippen MR) is 79.9 cm³/mol. The van der Waals surface area contributed by atoms with Crippen molar-refractivity contribution in [3.05, 3.63) is 45.2 Å². The fourth-order valence-electron chi connectivity index (χ4n) is 1.99. The summed E-state index contributed by atoms with van der Waals surface area (Å²) in [5.41, 5.74) is 0.295. The van der Waals surface area contributed by atoms with Gasteiger partial charge in [0.1, 0.15) is 5.56 Å². The monoisotopic (exact) mass is 313 g/mol. The van der Waals surface area contributed by atoms with Gasteiger partial charge in [0.05, 0.1) is 12.1 Å². The molecule has 2 rings (SSSR count). The van der Waals surface area contributed by atoms with E-state index in [1.807, 2.05) is 0 Å². The number of halogens is 2. The molecule has 1 heterocycles. The Labute approximate surface area is 125 Å². The van der Waals surface area contributed by atoms with Gasteiger partial charge in [-0.25, -0.2) is 4.79 Å². The Balaban J connectivity index is 2.73. The molecule has 0 unspecified atom stereocenters. The topological polar surface area (TPSA) is 48.3 Å². The second-order valence-electron chi connectivity index (χ2n) is 4.14. The Morgan fingerprint density at radius 3 is 2.80 bits per heavy atom. The molecule has 1 aromatic carbocycles. The zero-order valence-corrected chi connectivity index (χ0v) is 12.4. The molecule has 0 aliphatic carbocycles. The molecule has 0 fully saturated rings. The highest BCUT2D eigenvalue weighted by Crippen LogP contribution is 2.18. The Morgan fingerprint density at radius 1 is 1.40 bits per heavy atom. The quantitative estimate of drug-likeness (QED) is 0.644. The minimum atomic E-state index is -0.627. The summed E-state index contributed by atoms with van der Waals surface area (Å²) in [4.78, 5) is 24.2. The van der Waals surface area contributed by atoms with Crippen molar-refractivity contribution in [2.45, 2.75) is 13.5 Å². The van der Waals surface area contributed by atoms with Crippen molar-refractivity contribution in [3.63, 3.8) is 0 Å². The Bertz CT molecular complexity index is 709. The van der Waals surface area contributed by atoms with Crippen molar-refractivity contribution >= 4 is 40.1 Å². The summed E-state index contributed by atoms with van der Waals surface area (Å²) in [6, 6.07) is 4.90. The van der Waals surface area contributed by atoms with Crippen LogP contribution >= 0.6 is 23.2 Å². The van der Waals surface area contributed by atoms with Gasteiger partial charge < -0.3 is 9.30 Å². The number of ether oxygens (including phenoxy) is 1. The van der Waals surface area contributed by atoms with E-state index in [1.165, 1.54) is 6.20 Å². The molecule has 0 bridgehead atoms. The van der Waals surface area contributed by atoms with Crippen LogP contribution in [0.5, 0.6) is 0 Å². The summed E-state index contributed by atoms with van der Waals surface area (Å²) in [7, 11) is 0. The third kappa shape index (κ3) is 2.81. The lowest BCUT2D eigenvalue weighted by atomic mass is 10.1. The van der Waals surface area contributed by atoms with Crippen LogP contribution in [0.15, 0.2) is 29.2 Å². The van der Waals surface area contributed by atoms with Gasteiger partial charge in [-0.05, 0) is 25.1 Å². The summed E-state index contributed by atoms with van der Waals surface area (Å²) in [5.74, 6) is -0.273. The summed E-state index contributed by atoms with van der Waals surface area (Å²) < 4.78 is 6.64. The van der Waals surface area contributed by atoms with E-state index in [9.17, 15) is 9.59 Å². The van der Waals surface area contributed by atoms with Crippen molar-refractivity contribution < 1.29 is 9.53 Å². The lowest BCUT2D eigenvalue weighted by Gasteiger charge is -2.12. The highest BCUT2D eigenvalue weighted by Gasteiger charge is 2.16. The fraction of sp³-hybridized carbons (Fsp3) is 0.286. The molecule has 2 aromatic rings. The van der Waals surface area contributed by atoms with E-state index in [2.05, 4.69) is 0 Å². The molecule has 0 N–H and O–H groups in total. The largest absolute Gasteiger partial charge is 0.462 e. The lowest BCUT2D eigenvalue weighted by molar-refractivity contribution is 0.0524. The van der Waals surface area contributed by atoms with Crippen LogP contribution in [0.1, 0.15) is 17.3 Å². The molecule has 0 saturated carbocycles. The van der Waals surface area contributed by atoms with Crippen molar-refractivity contribution in [2.75, 3.05) is 12.5 Å². The normalized spacial score (nSPS) is 10.8. The molecule has 0 spiro atoms. The van der Waals surface area contributed by atoms with Crippen LogP contribution in [0.4, 0.5) is 0 Å². The smallest absolute Gasteiger partial charge is 0.343 e. The first-order valence-corrected chi connectivity index (χ1v) is 7.05. The number of nitrogens with zero attached hydrogens (tertiary/aromatic N) is 1. The molecule has 0 atom stereocenters. The van der Waals surface area contributed by atoms with E-state index in [1.54, 1.807) is 29.7 Å². The first-order chi connectivity index (χ1) is 9.58. The third-order valence-electron chi connectivity index (χ3n) is 2.86. The summed E-state index contributed by atoms with van der Waals surface area (Å²) in [6.45, 7) is 2.37. The Kier molecular flexibility index (Phi) is 4.68. The molecule has 0 aliphatic heterocycles. The van der Waals surface area contributed by atoms with Crippen LogP contribution in [-0.2, 0) is 11.3 Å². The van der Waals surface area contributed by atoms with Crippen molar-refractivity contribution in [1.29, 1.82) is 0 Å². The second kappa shape index (κ2) is 6.29. The number of fused-ring (bicyclic) bond motifs is 1. The fourth-order valence-corrected chi connectivity index (χ4v) is 2.34. The average molecular weight is 314 g/mol. The van der Waals surface area contributed by atoms with Crippen LogP contribution in [0.3, 0.4) is 0 Å². The molecule has 1 aromatic heterocycles. The molecular formula is C14H13Cl2NO3. The van der Waals surface area contributed by atoms with E-state index in [0.717, 1.165) is 0 Å². The number of benzene rings is 1. The SMILES string of the molecule is CCOC(=O)c1cn(CCCl)c2cc(Cl)ccc2c1=O. The number of hydrogen-bond donors (Lipinski definition) is 0. The van der Waals surface area contributed by atoms with Crippen LogP contribution < -0.4 is 5.43 Å². The van der Waals surface area contributed by atoms with Gasteiger partial charge in [0.15, 0.2) is 0 Å². The number of hydrogen-bond acceptors (Lipinski definition) is 3. The maximum Gasteiger partial charge on any atom is 0.343 e. The van der Waals surface area contributed by atoms with Crippen molar-refractivity contribution in [2.24, 2.45) is 0 Å². The number of rotatable bonds is 4. The van der Waals surface area contributed by atoms with E-state index in [-0.39, 0.29) is 17.6 Å². The summed E-state index contributed by atoms with van der Waals surface area (Å²) >= 11 is 11.7. The van der Waals surface area contributed by atoms with E-state index >= 15 is 0 Å². The molecule has 6 heteroatoms. The predicted octanol–water partition coefficient (Wildman–Crippen LogP) is 3.07. The van der Waals surface area contributed by atoms with Crippen molar-refractivity contribution in [1.82, 2.24) is 4.57 Å². The van der Waals surface area contributed by atoms with Crippen LogP contribution in [0.25, 0.3) is 10.9 Å². The van der Waals surface area contributed by atoms with Crippen LogP contribution in [0.2, 0.25) is 5.02 Å². The minimum Gasteiger partial charge on any atom is -0.462 e. The van der Waals surface area contributed by atoms with E-state index in [4.69, 9.17) is 27.9 Å². The van der Waals surface area contributed by atoms with E-state index < -0.39 is 5.97 Å². The molecule has 4 nitrogen and oxygen atoms in total. The molecule has 106 valence electrons. The number of alkyl halides is 1. The zero-order valence-electron chi connectivity index (χ0n) is 10.9. The van der Waals surface area contributed by atoms with Gasteiger partial charge in [0, 0.05) is 29.0 Å². The van der Waals surface area contributed by atoms with E-state index in [0.29, 0.717) is 28.4 Å². The molecule has 0 amide bonds. The molecule has 0 radical (unpaired) electrons. The number of aryl methyl sites for hydroxylation is 1. The summed E-state index contributed by atoms with van der Waals surface area (Å²) in [5, 5.41) is 0.939. The van der Waals surface area contributed by atoms with Gasteiger partial charge in [-0.1, -0.05) is 11.6 Å². The molecular weight excluding hydrogens is 301 g/mol. The maximum absolute atomic E-state index is 12.3.